The summed E-state index contributed by atoms with van der Waals surface area (Å²) in [5, 5.41) is 2.99. The van der Waals surface area contributed by atoms with Crippen molar-refractivity contribution in [2.45, 2.75) is 0 Å². The molecular weight excluding hydrogens is 142 g/mol. The molecule has 0 rings (SSSR count). The molecule has 0 spiro atoms. The summed E-state index contributed by atoms with van der Waals surface area (Å²) in [7, 11) is -3.07. The van der Waals surface area contributed by atoms with E-state index in [0.29, 0.717) is 0 Å². The molecule has 0 fully saturated rings. The van der Waals surface area contributed by atoms with Crippen LogP contribution in [-0.2, 0) is 9.84 Å². The van der Waals surface area contributed by atoms with Crippen LogP contribution >= 0.6 is 0 Å². The van der Waals surface area contributed by atoms with Crippen LogP contribution in [0.2, 0.25) is 0 Å². The van der Waals surface area contributed by atoms with Gasteiger partial charge in [-0.3, -0.25) is 0 Å². The van der Waals surface area contributed by atoms with Crippen LogP contribution in [0.25, 0.3) is 0 Å². The van der Waals surface area contributed by atoms with Gasteiger partial charge in [-0.15, -0.1) is 0 Å². The zero-order valence-electron chi connectivity index (χ0n) is 5.03. The Bertz CT molecular complexity index is 205. The van der Waals surface area contributed by atoms with Crippen molar-refractivity contribution in [3.8, 4) is 0 Å². The predicted octanol–water partition coefficient (Wildman–Crippen LogP) is -1.74. The quantitative estimate of drug-likeness (QED) is 0.212. The van der Waals surface area contributed by atoms with Gasteiger partial charge in [-0.1, -0.05) is 0 Å². The third-order valence-electron chi connectivity index (χ3n) is 0.576. The molecule has 0 aromatic heterocycles. The van der Waals surface area contributed by atoms with Crippen LogP contribution < -0.4 is 11.6 Å². The summed E-state index contributed by atoms with van der Waals surface area (Å²) >= 11 is 0. The zero-order valence-corrected chi connectivity index (χ0v) is 5.85. The fourth-order valence-corrected chi connectivity index (χ4v) is 0.918. The standard InChI is InChI=1S/C3H9N3O2S/c1-9(7,8)2-3(4)6-5/h2,5H2,1H3,(H2,4,6). The molecule has 0 aliphatic heterocycles. The minimum atomic E-state index is -3.07. The molecule has 0 atom stereocenters. The molecular formula is C3H9N3O2S. The summed E-state index contributed by atoms with van der Waals surface area (Å²) in [5.41, 5.74) is 5.00. The Hall–Kier alpha value is -0.780. The smallest absolute Gasteiger partial charge is 0.154 e. The average molecular weight is 151 g/mol. The Labute approximate surface area is 53.6 Å². The minimum Gasteiger partial charge on any atom is -0.385 e. The molecule has 0 unspecified atom stereocenters. The van der Waals surface area contributed by atoms with E-state index < -0.39 is 9.84 Å². The topological polar surface area (TPSA) is 98.5 Å². The van der Waals surface area contributed by atoms with Crippen molar-refractivity contribution in [2.24, 2.45) is 16.7 Å². The fourth-order valence-electron chi connectivity index (χ4n) is 0.306. The lowest BCUT2D eigenvalue weighted by molar-refractivity contribution is 0.605. The van der Waals surface area contributed by atoms with Crippen molar-refractivity contribution in [1.29, 1.82) is 0 Å². The van der Waals surface area contributed by atoms with Crippen LogP contribution in [0.5, 0.6) is 0 Å². The highest BCUT2D eigenvalue weighted by atomic mass is 32.2. The van der Waals surface area contributed by atoms with Gasteiger partial charge in [0.15, 0.2) is 9.84 Å². The van der Waals surface area contributed by atoms with Crippen LogP contribution in [0.1, 0.15) is 0 Å². The summed E-state index contributed by atoms with van der Waals surface area (Å²) in [6.07, 6.45) is 1.06. The molecule has 0 radical (unpaired) electrons. The van der Waals surface area contributed by atoms with E-state index in [1.807, 2.05) is 0 Å². The summed E-state index contributed by atoms with van der Waals surface area (Å²) in [4.78, 5) is 0. The molecule has 0 aromatic carbocycles. The highest BCUT2D eigenvalue weighted by Gasteiger charge is 2.03. The molecule has 0 saturated heterocycles. The predicted molar refractivity (Wildman–Crippen MR) is 35.5 cm³/mol. The molecule has 0 aromatic rings. The molecule has 4 N–H and O–H groups in total. The van der Waals surface area contributed by atoms with E-state index in [2.05, 4.69) is 10.9 Å². The van der Waals surface area contributed by atoms with Crippen molar-refractivity contribution in [1.82, 2.24) is 0 Å². The van der Waals surface area contributed by atoms with E-state index in [-0.39, 0.29) is 11.6 Å². The zero-order chi connectivity index (χ0) is 7.49. The minimum absolute atomic E-state index is 0.0718. The van der Waals surface area contributed by atoms with Crippen LogP contribution in [0, 0.1) is 0 Å². The molecule has 6 heteroatoms. The number of hydrogen-bond acceptors (Lipinski definition) is 4. The molecule has 0 aliphatic carbocycles. The van der Waals surface area contributed by atoms with Crippen molar-refractivity contribution < 1.29 is 8.42 Å². The van der Waals surface area contributed by atoms with Gasteiger partial charge in [-0.05, 0) is 0 Å². The molecule has 54 valence electrons. The first-order valence-electron chi connectivity index (χ1n) is 2.15. The van der Waals surface area contributed by atoms with Crippen LogP contribution in [-0.4, -0.2) is 26.3 Å². The van der Waals surface area contributed by atoms with Gasteiger partial charge >= 0.3 is 0 Å². The van der Waals surface area contributed by atoms with E-state index >= 15 is 0 Å². The third-order valence-corrected chi connectivity index (χ3v) is 1.40. The second kappa shape index (κ2) is 2.67. The van der Waals surface area contributed by atoms with Crippen LogP contribution in [0.15, 0.2) is 5.10 Å². The number of sulfone groups is 1. The number of hydrazone groups is 1. The Morgan fingerprint density at radius 2 is 2.11 bits per heavy atom. The lowest BCUT2D eigenvalue weighted by Crippen LogP contribution is -2.24. The Kier molecular flexibility index (Phi) is 2.44. The maximum Gasteiger partial charge on any atom is 0.154 e. The van der Waals surface area contributed by atoms with Gasteiger partial charge in [-0.2, -0.15) is 5.10 Å². The second-order valence-electron chi connectivity index (χ2n) is 1.69. The van der Waals surface area contributed by atoms with Gasteiger partial charge in [-0.25, -0.2) is 8.42 Å². The largest absolute Gasteiger partial charge is 0.385 e. The first-order valence-corrected chi connectivity index (χ1v) is 4.21. The maximum absolute atomic E-state index is 10.4. The maximum atomic E-state index is 10.4. The molecule has 5 nitrogen and oxygen atoms in total. The number of amidine groups is 1. The third kappa shape index (κ3) is 5.09. The van der Waals surface area contributed by atoms with Gasteiger partial charge in [0.05, 0.1) is 0 Å². The lowest BCUT2D eigenvalue weighted by Gasteiger charge is -1.93. The first-order chi connectivity index (χ1) is 3.95. The molecule has 0 saturated carbocycles. The second-order valence-corrected chi connectivity index (χ2v) is 3.83. The number of rotatable bonds is 2. The lowest BCUT2D eigenvalue weighted by atomic mass is 10.7. The van der Waals surface area contributed by atoms with Gasteiger partial charge < -0.3 is 11.6 Å². The van der Waals surface area contributed by atoms with E-state index in [9.17, 15) is 8.42 Å². The van der Waals surface area contributed by atoms with E-state index in [1.54, 1.807) is 0 Å². The summed E-state index contributed by atoms with van der Waals surface area (Å²) in [5.74, 6) is 4.33. The molecule has 0 amide bonds. The number of nitrogens with two attached hydrogens (primary N) is 2. The molecule has 0 aliphatic rings. The van der Waals surface area contributed by atoms with Gasteiger partial charge in [0.25, 0.3) is 0 Å². The van der Waals surface area contributed by atoms with E-state index in [4.69, 9.17) is 5.73 Å². The van der Waals surface area contributed by atoms with Crippen LogP contribution in [0.4, 0.5) is 0 Å². The van der Waals surface area contributed by atoms with E-state index in [1.165, 1.54) is 0 Å². The van der Waals surface area contributed by atoms with Crippen molar-refractivity contribution in [3.63, 3.8) is 0 Å². The highest BCUT2D eigenvalue weighted by molar-refractivity contribution is 7.91. The fraction of sp³-hybridized carbons (Fsp3) is 0.667. The summed E-state index contributed by atoms with van der Waals surface area (Å²) < 4.78 is 20.8. The average Bonchev–Trinajstić information content (AvgIpc) is 1.62. The number of nitrogens with zero attached hydrogens (tertiary/aromatic N) is 1. The SMILES string of the molecule is CS(=O)(=O)CC(N)=NN. The molecule has 0 heterocycles. The summed E-state index contributed by atoms with van der Waals surface area (Å²) in [6.45, 7) is 0. The van der Waals surface area contributed by atoms with Crippen LogP contribution in [0.3, 0.4) is 0 Å². The summed E-state index contributed by atoms with van der Waals surface area (Å²) in [6, 6.07) is 0. The Morgan fingerprint density at radius 1 is 1.67 bits per heavy atom. The Morgan fingerprint density at radius 3 is 2.22 bits per heavy atom. The molecule has 0 bridgehead atoms. The Balaban J connectivity index is 4.07. The first kappa shape index (κ1) is 8.22. The molecule has 9 heavy (non-hydrogen) atoms. The van der Waals surface area contributed by atoms with Gasteiger partial charge in [0, 0.05) is 6.26 Å². The van der Waals surface area contributed by atoms with E-state index in [0.717, 1.165) is 6.26 Å². The van der Waals surface area contributed by atoms with Gasteiger partial charge in [0.1, 0.15) is 11.6 Å². The monoisotopic (exact) mass is 151 g/mol. The van der Waals surface area contributed by atoms with Gasteiger partial charge in [0.2, 0.25) is 0 Å². The van der Waals surface area contributed by atoms with Crippen molar-refractivity contribution >= 4 is 15.7 Å². The normalized spacial score (nSPS) is 13.7. The van der Waals surface area contributed by atoms with Crippen molar-refractivity contribution in [2.75, 3.05) is 12.0 Å². The highest BCUT2D eigenvalue weighted by Crippen LogP contribution is 1.79. The van der Waals surface area contributed by atoms with Crippen molar-refractivity contribution in [3.05, 3.63) is 0 Å². The number of hydrogen-bond donors (Lipinski definition) is 2.